The Morgan fingerprint density at radius 3 is 2.22 bits per heavy atom. The minimum Gasteiger partial charge on any atom is -0.372 e. The van der Waals surface area contributed by atoms with E-state index in [0.717, 1.165) is 0 Å². The number of aliphatic hydroxyl groups excluding tert-OH is 1. The molecule has 0 aromatic heterocycles. The summed E-state index contributed by atoms with van der Waals surface area (Å²) in [6.45, 7) is 2.99. The molecule has 0 aliphatic heterocycles. The fourth-order valence-electron chi connectivity index (χ4n) is 0.330. The first-order valence-electron chi connectivity index (χ1n) is 2.50. The van der Waals surface area contributed by atoms with Crippen LogP contribution in [0.15, 0.2) is 11.4 Å². The molecule has 1 N–H and O–H groups in total. The molecule has 0 bridgehead atoms. The van der Waals surface area contributed by atoms with Crippen molar-refractivity contribution in [3.8, 4) is 6.07 Å². The quantitative estimate of drug-likeness (QED) is 0.539. The zero-order valence-electron chi connectivity index (χ0n) is 5.35. The number of rotatable bonds is 1. The molecule has 0 aliphatic rings. The highest BCUT2D eigenvalue weighted by molar-refractivity contribution is 5.13. The van der Waals surface area contributed by atoms with Crippen molar-refractivity contribution in [1.82, 2.24) is 0 Å². The first-order valence-corrected chi connectivity index (χ1v) is 2.50. The Hall–Kier alpha value is -0.880. The van der Waals surface area contributed by atoms with E-state index in [1.54, 1.807) is 0 Å². The topological polar surface area (TPSA) is 44.0 Å². The molecule has 50 valence electrons. The van der Waals surface area contributed by atoms with E-state index < -0.39 is 11.9 Å². The average molecular weight is 129 g/mol. The molecule has 9 heavy (non-hydrogen) atoms. The molecule has 0 aromatic carbocycles. The number of halogens is 1. The molecule has 0 radical (unpaired) electrons. The van der Waals surface area contributed by atoms with Crippen LogP contribution in [0.1, 0.15) is 13.8 Å². The van der Waals surface area contributed by atoms with Crippen LogP contribution in [0.4, 0.5) is 4.39 Å². The Bertz CT molecular complexity index is 164. The van der Waals surface area contributed by atoms with Gasteiger partial charge in [-0.2, -0.15) is 5.26 Å². The highest BCUT2D eigenvalue weighted by Crippen LogP contribution is 2.08. The van der Waals surface area contributed by atoms with Crippen LogP contribution >= 0.6 is 0 Å². The normalized spacial score (nSPS) is 11.9. The highest BCUT2D eigenvalue weighted by atomic mass is 19.1. The molecule has 0 fully saturated rings. The maximum atomic E-state index is 12.3. The van der Waals surface area contributed by atoms with E-state index in [-0.39, 0.29) is 0 Å². The third kappa shape index (κ3) is 2.24. The summed E-state index contributed by atoms with van der Waals surface area (Å²) in [6, 6.07) is 1.37. The molecule has 0 amide bonds. The van der Waals surface area contributed by atoms with Crippen molar-refractivity contribution < 1.29 is 9.50 Å². The number of nitrogens with zero attached hydrogens (tertiary/aromatic N) is 1. The van der Waals surface area contributed by atoms with E-state index in [1.807, 2.05) is 0 Å². The number of nitriles is 1. The van der Waals surface area contributed by atoms with Crippen LogP contribution in [0.5, 0.6) is 0 Å². The van der Waals surface area contributed by atoms with Crippen molar-refractivity contribution in [2.24, 2.45) is 0 Å². The Kier molecular flexibility index (Phi) is 2.89. The molecule has 1 atom stereocenters. The minimum absolute atomic E-state index is 0.337. The first kappa shape index (κ1) is 8.12. The van der Waals surface area contributed by atoms with Crippen LogP contribution in [0.25, 0.3) is 0 Å². The number of hydrogen-bond acceptors (Lipinski definition) is 2. The molecule has 1 unspecified atom stereocenters. The summed E-state index contributed by atoms with van der Waals surface area (Å²) in [7, 11) is 0. The van der Waals surface area contributed by atoms with Crippen LogP contribution in [-0.4, -0.2) is 11.2 Å². The van der Waals surface area contributed by atoms with E-state index in [9.17, 15) is 4.39 Å². The van der Waals surface area contributed by atoms with Crippen LogP contribution in [0.3, 0.4) is 0 Å². The van der Waals surface area contributed by atoms with Gasteiger partial charge in [-0.05, 0) is 19.4 Å². The summed E-state index contributed by atoms with van der Waals surface area (Å²) in [4.78, 5) is 0. The van der Waals surface area contributed by atoms with Gasteiger partial charge in [-0.3, -0.25) is 0 Å². The summed E-state index contributed by atoms with van der Waals surface area (Å²) in [5, 5.41) is 16.5. The molecule has 0 saturated heterocycles. The molecule has 3 heteroatoms. The van der Waals surface area contributed by atoms with Gasteiger partial charge in [-0.25, -0.2) is 4.39 Å². The second-order valence-corrected chi connectivity index (χ2v) is 1.88. The second-order valence-electron chi connectivity index (χ2n) is 1.88. The fourth-order valence-corrected chi connectivity index (χ4v) is 0.330. The van der Waals surface area contributed by atoms with Gasteiger partial charge < -0.3 is 5.11 Å². The SMILES string of the molecule is CC(C)=C(F)C(O)C#N. The third-order valence-electron chi connectivity index (χ3n) is 0.840. The molecule has 0 spiro atoms. The Morgan fingerprint density at radius 1 is 1.67 bits per heavy atom. The van der Waals surface area contributed by atoms with Crippen molar-refractivity contribution in [3.63, 3.8) is 0 Å². The van der Waals surface area contributed by atoms with Gasteiger partial charge in [0, 0.05) is 0 Å². The Labute approximate surface area is 53.2 Å². The van der Waals surface area contributed by atoms with Crippen molar-refractivity contribution in [3.05, 3.63) is 11.4 Å². The van der Waals surface area contributed by atoms with E-state index in [0.29, 0.717) is 5.57 Å². The van der Waals surface area contributed by atoms with Crippen LogP contribution < -0.4 is 0 Å². The highest BCUT2D eigenvalue weighted by Gasteiger charge is 2.08. The van der Waals surface area contributed by atoms with Gasteiger partial charge in [-0.15, -0.1) is 0 Å². The molecule has 0 saturated carbocycles. The van der Waals surface area contributed by atoms with Crippen LogP contribution in [0, 0.1) is 11.3 Å². The van der Waals surface area contributed by atoms with Crippen molar-refractivity contribution in [2.45, 2.75) is 20.0 Å². The van der Waals surface area contributed by atoms with E-state index in [1.165, 1.54) is 19.9 Å². The lowest BCUT2D eigenvalue weighted by molar-refractivity contribution is 0.232. The van der Waals surface area contributed by atoms with Gasteiger partial charge in [0.05, 0.1) is 0 Å². The summed E-state index contributed by atoms with van der Waals surface area (Å²) < 4.78 is 12.3. The summed E-state index contributed by atoms with van der Waals surface area (Å²) in [5.41, 5.74) is 0.337. The molecule has 2 nitrogen and oxygen atoms in total. The van der Waals surface area contributed by atoms with Crippen molar-refractivity contribution in [2.75, 3.05) is 0 Å². The van der Waals surface area contributed by atoms with E-state index in [2.05, 4.69) is 0 Å². The van der Waals surface area contributed by atoms with Gasteiger partial charge >= 0.3 is 0 Å². The fraction of sp³-hybridized carbons (Fsp3) is 0.500. The lowest BCUT2D eigenvalue weighted by atomic mass is 10.2. The van der Waals surface area contributed by atoms with Crippen LogP contribution in [-0.2, 0) is 0 Å². The van der Waals surface area contributed by atoms with Crippen LogP contribution in [0.2, 0.25) is 0 Å². The molecular formula is C6H8FNO. The lowest BCUT2D eigenvalue weighted by Gasteiger charge is -1.97. The first-order chi connectivity index (χ1) is 4.09. The predicted molar refractivity (Wildman–Crippen MR) is 31.1 cm³/mol. The standard InChI is InChI=1S/C6H8FNO/c1-4(2)6(7)5(9)3-8/h5,9H,1-2H3. The minimum atomic E-state index is -1.59. The van der Waals surface area contributed by atoms with Gasteiger partial charge in [0.1, 0.15) is 11.9 Å². The third-order valence-corrected chi connectivity index (χ3v) is 0.840. The van der Waals surface area contributed by atoms with E-state index >= 15 is 0 Å². The van der Waals surface area contributed by atoms with Crippen molar-refractivity contribution in [1.29, 1.82) is 5.26 Å². The maximum absolute atomic E-state index is 12.3. The Balaban J connectivity index is 4.25. The maximum Gasteiger partial charge on any atom is 0.192 e. The molecule has 0 aromatic rings. The second kappa shape index (κ2) is 3.21. The van der Waals surface area contributed by atoms with Gasteiger partial charge in [0.25, 0.3) is 0 Å². The van der Waals surface area contributed by atoms with E-state index in [4.69, 9.17) is 10.4 Å². The number of aliphatic hydroxyl groups is 1. The van der Waals surface area contributed by atoms with Gasteiger partial charge in [-0.1, -0.05) is 0 Å². The smallest absolute Gasteiger partial charge is 0.192 e. The zero-order valence-corrected chi connectivity index (χ0v) is 5.35. The molecule has 0 aliphatic carbocycles. The lowest BCUT2D eigenvalue weighted by Crippen LogP contribution is -2.03. The summed E-state index contributed by atoms with van der Waals surface area (Å²) in [6.07, 6.45) is -1.59. The van der Waals surface area contributed by atoms with Gasteiger partial charge in [0.15, 0.2) is 6.10 Å². The predicted octanol–water partition coefficient (Wildman–Crippen LogP) is 1.13. The zero-order chi connectivity index (χ0) is 7.44. The Morgan fingerprint density at radius 2 is 2.11 bits per heavy atom. The monoisotopic (exact) mass is 129 g/mol. The van der Waals surface area contributed by atoms with Gasteiger partial charge in [0.2, 0.25) is 0 Å². The largest absolute Gasteiger partial charge is 0.372 e. The number of allylic oxidation sites excluding steroid dienone is 1. The number of hydrogen-bond donors (Lipinski definition) is 1. The average Bonchev–Trinajstić information content (AvgIpc) is 1.84. The molecule has 0 rings (SSSR count). The molecular weight excluding hydrogens is 121 g/mol. The van der Waals surface area contributed by atoms with Crippen molar-refractivity contribution >= 4 is 0 Å². The summed E-state index contributed by atoms with van der Waals surface area (Å²) in [5.74, 6) is -0.752. The summed E-state index contributed by atoms with van der Waals surface area (Å²) >= 11 is 0. The molecule has 0 heterocycles.